The predicted octanol–water partition coefficient (Wildman–Crippen LogP) is 1.12. The van der Waals surface area contributed by atoms with Gasteiger partial charge in [-0.1, -0.05) is 18.2 Å². The molecule has 1 saturated heterocycles. The summed E-state index contributed by atoms with van der Waals surface area (Å²) < 4.78 is 0. The Labute approximate surface area is 112 Å². The van der Waals surface area contributed by atoms with Gasteiger partial charge < -0.3 is 10.6 Å². The Morgan fingerprint density at radius 1 is 1.21 bits per heavy atom. The molecular weight excluding hydrogens is 242 g/mol. The lowest BCUT2D eigenvalue weighted by molar-refractivity contribution is -0.121. The Hall–Kier alpha value is -2.04. The molecule has 1 aromatic carbocycles. The zero-order chi connectivity index (χ0) is 13.4. The number of primary amides is 1. The van der Waals surface area contributed by atoms with Crippen LogP contribution in [0.2, 0.25) is 0 Å². The summed E-state index contributed by atoms with van der Waals surface area (Å²) in [5.41, 5.74) is 7.51. The molecule has 3 rings (SSSR count). The number of carbonyl (C=O) groups is 2. The van der Waals surface area contributed by atoms with Crippen LogP contribution in [0.3, 0.4) is 0 Å². The lowest BCUT2D eigenvalue weighted by Crippen LogP contribution is -2.49. The monoisotopic (exact) mass is 259 g/mol. The summed E-state index contributed by atoms with van der Waals surface area (Å²) in [6, 6.07) is 7.37. The molecule has 19 heavy (non-hydrogen) atoms. The van der Waals surface area contributed by atoms with E-state index < -0.39 is 11.9 Å². The SMILES string of the molecule is NC(=O)[C@H]1CCCN1C(=O)N1CCc2ccccc21. The molecule has 0 radical (unpaired) electrons. The molecule has 1 aromatic rings. The van der Waals surface area contributed by atoms with E-state index in [0.29, 0.717) is 19.5 Å². The van der Waals surface area contributed by atoms with Crippen LogP contribution in [0.25, 0.3) is 0 Å². The van der Waals surface area contributed by atoms with Crippen molar-refractivity contribution in [3.8, 4) is 0 Å². The van der Waals surface area contributed by atoms with Crippen molar-refractivity contribution in [1.82, 2.24) is 4.90 Å². The van der Waals surface area contributed by atoms with E-state index in [-0.39, 0.29) is 6.03 Å². The average Bonchev–Trinajstić information content (AvgIpc) is 3.05. The van der Waals surface area contributed by atoms with Crippen molar-refractivity contribution >= 4 is 17.6 Å². The van der Waals surface area contributed by atoms with Crippen LogP contribution < -0.4 is 10.6 Å². The molecule has 0 unspecified atom stereocenters. The van der Waals surface area contributed by atoms with Gasteiger partial charge in [-0.05, 0) is 30.9 Å². The summed E-state index contributed by atoms with van der Waals surface area (Å²) >= 11 is 0. The number of urea groups is 1. The quantitative estimate of drug-likeness (QED) is 0.821. The third-order valence-electron chi connectivity index (χ3n) is 3.94. The van der Waals surface area contributed by atoms with Crippen molar-refractivity contribution in [2.75, 3.05) is 18.0 Å². The Balaban J connectivity index is 1.84. The van der Waals surface area contributed by atoms with Gasteiger partial charge in [0.15, 0.2) is 0 Å². The predicted molar refractivity (Wildman–Crippen MR) is 71.8 cm³/mol. The largest absolute Gasteiger partial charge is 0.368 e. The fourth-order valence-electron chi connectivity index (χ4n) is 2.98. The molecule has 2 N–H and O–H groups in total. The minimum atomic E-state index is -0.444. The Bertz CT molecular complexity index is 529. The number of hydrogen-bond donors (Lipinski definition) is 1. The number of nitrogens with two attached hydrogens (primary N) is 1. The van der Waals surface area contributed by atoms with Gasteiger partial charge in [0.25, 0.3) is 0 Å². The highest BCUT2D eigenvalue weighted by Gasteiger charge is 2.37. The number of fused-ring (bicyclic) bond motifs is 1. The fraction of sp³-hybridized carbons (Fsp3) is 0.429. The van der Waals surface area contributed by atoms with E-state index in [2.05, 4.69) is 0 Å². The fourth-order valence-corrected chi connectivity index (χ4v) is 2.98. The van der Waals surface area contributed by atoms with E-state index >= 15 is 0 Å². The lowest BCUT2D eigenvalue weighted by atomic mass is 10.2. The van der Waals surface area contributed by atoms with E-state index in [9.17, 15) is 9.59 Å². The van der Waals surface area contributed by atoms with Crippen molar-refractivity contribution in [2.45, 2.75) is 25.3 Å². The van der Waals surface area contributed by atoms with Crippen LogP contribution in [0.1, 0.15) is 18.4 Å². The van der Waals surface area contributed by atoms with E-state index in [1.165, 1.54) is 5.56 Å². The second kappa shape index (κ2) is 4.57. The number of hydrogen-bond acceptors (Lipinski definition) is 2. The average molecular weight is 259 g/mol. The normalized spacial score (nSPS) is 21.6. The number of benzene rings is 1. The summed E-state index contributed by atoms with van der Waals surface area (Å²) in [6.07, 6.45) is 2.39. The van der Waals surface area contributed by atoms with Gasteiger partial charge in [-0.2, -0.15) is 0 Å². The van der Waals surface area contributed by atoms with Crippen molar-refractivity contribution in [3.63, 3.8) is 0 Å². The molecule has 100 valence electrons. The third-order valence-corrected chi connectivity index (χ3v) is 3.94. The Kier molecular flexibility index (Phi) is 2.89. The smallest absolute Gasteiger partial charge is 0.325 e. The molecule has 0 aromatic heterocycles. The molecule has 5 nitrogen and oxygen atoms in total. The zero-order valence-corrected chi connectivity index (χ0v) is 10.7. The minimum absolute atomic E-state index is 0.0914. The maximum absolute atomic E-state index is 12.6. The van der Waals surface area contributed by atoms with Gasteiger partial charge in [0.05, 0.1) is 0 Å². The summed E-state index contributed by atoms with van der Waals surface area (Å²) in [5.74, 6) is -0.404. The first-order valence-corrected chi connectivity index (χ1v) is 6.64. The number of para-hydroxylation sites is 1. The van der Waals surface area contributed by atoms with Crippen LogP contribution in [-0.2, 0) is 11.2 Å². The standard InChI is InChI=1S/C14H17N3O2/c15-13(18)12-6-3-8-16(12)14(19)17-9-7-10-4-1-2-5-11(10)17/h1-2,4-5,12H,3,6-9H2,(H2,15,18)/t12-/m1/s1. The van der Waals surface area contributed by atoms with Crippen LogP contribution in [0, 0.1) is 0 Å². The van der Waals surface area contributed by atoms with Gasteiger partial charge in [-0.3, -0.25) is 9.69 Å². The molecule has 2 heterocycles. The Morgan fingerprint density at radius 2 is 2.00 bits per heavy atom. The molecule has 1 fully saturated rings. The summed E-state index contributed by atoms with van der Waals surface area (Å²) in [5, 5.41) is 0. The summed E-state index contributed by atoms with van der Waals surface area (Å²) in [7, 11) is 0. The van der Waals surface area contributed by atoms with Crippen LogP contribution >= 0.6 is 0 Å². The van der Waals surface area contributed by atoms with E-state index in [4.69, 9.17) is 5.73 Å². The van der Waals surface area contributed by atoms with Crippen LogP contribution in [-0.4, -0.2) is 36.0 Å². The third kappa shape index (κ3) is 1.95. The van der Waals surface area contributed by atoms with Gasteiger partial charge in [0.1, 0.15) is 6.04 Å². The molecule has 5 heteroatoms. The van der Waals surface area contributed by atoms with E-state index in [1.54, 1.807) is 9.80 Å². The lowest BCUT2D eigenvalue weighted by Gasteiger charge is -2.28. The minimum Gasteiger partial charge on any atom is -0.368 e. The molecule has 2 aliphatic heterocycles. The highest BCUT2D eigenvalue weighted by Crippen LogP contribution is 2.30. The molecule has 0 spiro atoms. The maximum atomic E-state index is 12.6. The molecule has 0 saturated carbocycles. The number of anilines is 1. The first kappa shape index (κ1) is 12.0. The molecule has 0 bridgehead atoms. The van der Waals surface area contributed by atoms with Gasteiger partial charge in [-0.15, -0.1) is 0 Å². The molecule has 2 aliphatic rings. The van der Waals surface area contributed by atoms with Gasteiger partial charge in [0.2, 0.25) is 5.91 Å². The van der Waals surface area contributed by atoms with Crippen molar-refractivity contribution in [2.24, 2.45) is 5.73 Å². The van der Waals surface area contributed by atoms with Crippen LogP contribution in [0.5, 0.6) is 0 Å². The van der Waals surface area contributed by atoms with Crippen molar-refractivity contribution in [1.29, 1.82) is 0 Å². The second-order valence-electron chi connectivity index (χ2n) is 5.07. The number of carbonyl (C=O) groups excluding carboxylic acids is 2. The molecule has 1 atom stereocenters. The van der Waals surface area contributed by atoms with Crippen LogP contribution in [0.4, 0.5) is 10.5 Å². The van der Waals surface area contributed by atoms with Crippen molar-refractivity contribution < 1.29 is 9.59 Å². The first-order valence-electron chi connectivity index (χ1n) is 6.64. The highest BCUT2D eigenvalue weighted by molar-refractivity contribution is 5.97. The summed E-state index contributed by atoms with van der Waals surface area (Å²) in [4.78, 5) is 27.3. The van der Waals surface area contributed by atoms with Gasteiger partial charge >= 0.3 is 6.03 Å². The zero-order valence-electron chi connectivity index (χ0n) is 10.7. The maximum Gasteiger partial charge on any atom is 0.325 e. The second-order valence-corrected chi connectivity index (χ2v) is 5.07. The highest BCUT2D eigenvalue weighted by atomic mass is 16.2. The van der Waals surface area contributed by atoms with Gasteiger partial charge in [0, 0.05) is 18.8 Å². The topological polar surface area (TPSA) is 66.6 Å². The first-order chi connectivity index (χ1) is 9.18. The number of nitrogens with zero attached hydrogens (tertiary/aromatic N) is 2. The number of rotatable bonds is 1. The molecular formula is C14H17N3O2. The molecule has 3 amide bonds. The van der Waals surface area contributed by atoms with E-state index in [0.717, 1.165) is 18.5 Å². The van der Waals surface area contributed by atoms with E-state index in [1.807, 2.05) is 24.3 Å². The molecule has 0 aliphatic carbocycles. The summed E-state index contributed by atoms with van der Waals surface area (Å²) in [6.45, 7) is 1.30. The van der Waals surface area contributed by atoms with Crippen LogP contribution in [0.15, 0.2) is 24.3 Å². The van der Waals surface area contributed by atoms with Crippen molar-refractivity contribution in [3.05, 3.63) is 29.8 Å². The van der Waals surface area contributed by atoms with Gasteiger partial charge in [-0.25, -0.2) is 4.79 Å². The number of amides is 3. The number of likely N-dealkylation sites (tertiary alicyclic amines) is 1. The Morgan fingerprint density at radius 3 is 2.79 bits per heavy atom.